The normalized spacial score (nSPS) is 12.0. The van der Waals surface area contributed by atoms with Gasteiger partial charge in [-0.2, -0.15) is 0 Å². The number of fused-ring (bicyclic) bond motifs is 9. The molecule has 210 valence electrons. The number of thiophene rings is 2. The summed E-state index contributed by atoms with van der Waals surface area (Å²) in [5.74, 6) is 0.753. The second kappa shape index (κ2) is 9.57. The van der Waals surface area contributed by atoms with Gasteiger partial charge in [0, 0.05) is 62.5 Å². The van der Waals surface area contributed by atoms with Gasteiger partial charge in [0.2, 0.25) is 0 Å². The minimum Gasteiger partial charge on any atom is -0.306 e. The molecule has 0 saturated carbocycles. The van der Waals surface area contributed by atoms with Gasteiger partial charge in [0.1, 0.15) is 11.2 Å². The zero-order valence-electron chi connectivity index (χ0n) is 23.9. The summed E-state index contributed by atoms with van der Waals surface area (Å²) in [6.07, 6.45) is 0. The maximum absolute atomic E-state index is 5.54. The zero-order valence-corrected chi connectivity index (χ0v) is 25.6. The van der Waals surface area contributed by atoms with Crippen molar-refractivity contribution in [2.45, 2.75) is 0 Å². The highest BCUT2D eigenvalue weighted by Crippen LogP contribution is 2.45. The Bertz CT molecular complexity index is 2770. The zero-order chi connectivity index (χ0) is 29.5. The molecule has 6 aromatic carbocycles. The molecule has 0 saturated heterocycles. The molecule has 0 atom stereocenters. The summed E-state index contributed by atoms with van der Waals surface area (Å²) in [6, 6.07) is 49.7. The van der Waals surface area contributed by atoms with Gasteiger partial charge < -0.3 is 4.57 Å². The molecule has 0 spiro atoms. The third kappa shape index (κ3) is 3.62. The molecule has 45 heavy (non-hydrogen) atoms. The maximum Gasteiger partial charge on any atom is 0.162 e. The highest BCUT2D eigenvalue weighted by molar-refractivity contribution is 7.26. The van der Waals surface area contributed by atoms with Gasteiger partial charge >= 0.3 is 0 Å². The summed E-state index contributed by atoms with van der Waals surface area (Å²) in [7, 11) is 0. The first-order valence-electron chi connectivity index (χ1n) is 15.0. The minimum atomic E-state index is 0.753. The monoisotopic (exact) mass is 609 g/mol. The lowest BCUT2D eigenvalue weighted by molar-refractivity contribution is 1.15. The van der Waals surface area contributed by atoms with Crippen LogP contribution in [0.1, 0.15) is 0 Å². The minimum absolute atomic E-state index is 0.753. The largest absolute Gasteiger partial charge is 0.306 e. The Hall–Kier alpha value is -5.36. The van der Waals surface area contributed by atoms with E-state index in [0.29, 0.717) is 0 Å². The van der Waals surface area contributed by atoms with E-state index in [1.54, 1.807) is 0 Å². The summed E-state index contributed by atoms with van der Waals surface area (Å²) in [5.41, 5.74) is 7.35. The second-order valence-corrected chi connectivity index (χ2v) is 13.4. The molecule has 0 bridgehead atoms. The van der Waals surface area contributed by atoms with Gasteiger partial charge in [-0.1, -0.05) is 103 Å². The Balaban J connectivity index is 1.39. The van der Waals surface area contributed by atoms with Gasteiger partial charge in [-0.3, -0.25) is 0 Å². The fourth-order valence-corrected chi connectivity index (χ4v) is 9.28. The fraction of sp³-hybridized carbons (Fsp3) is 0. The third-order valence-electron chi connectivity index (χ3n) is 8.83. The summed E-state index contributed by atoms with van der Waals surface area (Å²) < 4.78 is 7.36. The summed E-state index contributed by atoms with van der Waals surface area (Å²) in [5, 5.41) is 6.18. The van der Waals surface area contributed by atoms with Crippen LogP contribution in [0, 0.1) is 0 Å². The molecule has 4 heterocycles. The smallest absolute Gasteiger partial charge is 0.162 e. The Kier molecular flexibility index (Phi) is 5.32. The third-order valence-corrected chi connectivity index (χ3v) is 11.3. The Morgan fingerprint density at radius 3 is 1.71 bits per heavy atom. The van der Waals surface area contributed by atoms with Crippen molar-refractivity contribution in [2.75, 3.05) is 0 Å². The molecule has 0 radical (unpaired) electrons. The van der Waals surface area contributed by atoms with Crippen LogP contribution in [0.5, 0.6) is 0 Å². The van der Waals surface area contributed by atoms with Crippen molar-refractivity contribution in [1.29, 1.82) is 0 Å². The van der Waals surface area contributed by atoms with Crippen molar-refractivity contribution in [3.63, 3.8) is 0 Å². The van der Waals surface area contributed by atoms with E-state index in [2.05, 4.69) is 144 Å². The lowest BCUT2D eigenvalue weighted by Crippen LogP contribution is -2.00. The highest BCUT2D eigenvalue weighted by atomic mass is 32.1. The number of nitrogens with zero attached hydrogens (tertiary/aromatic N) is 3. The van der Waals surface area contributed by atoms with E-state index < -0.39 is 0 Å². The van der Waals surface area contributed by atoms with Crippen LogP contribution in [-0.4, -0.2) is 14.5 Å². The highest BCUT2D eigenvalue weighted by Gasteiger charge is 2.24. The van der Waals surface area contributed by atoms with Crippen LogP contribution in [0.25, 0.3) is 90.6 Å². The van der Waals surface area contributed by atoms with Gasteiger partial charge in [0.15, 0.2) is 5.82 Å². The molecule has 0 N–H and O–H groups in total. The van der Waals surface area contributed by atoms with Crippen molar-refractivity contribution >= 4 is 85.0 Å². The van der Waals surface area contributed by atoms with Crippen molar-refractivity contribution in [2.24, 2.45) is 0 Å². The summed E-state index contributed by atoms with van der Waals surface area (Å²) >= 11 is 3.66. The van der Waals surface area contributed by atoms with Crippen molar-refractivity contribution < 1.29 is 0 Å². The van der Waals surface area contributed by atoms with Gasteiger partial charge in [0.25, 0.3) is 0 Å². The quantitative estimate of drug-likeness (QED) is 0.199. The van der Waals surface area contributed by atoms with Gasteiger partial charge in [-0.15, -0.1) is 22.7 Å². The molecular weight excluding hydrogens is 587 g/mol. The fourth-order valence-electron chi connectivity index (χ4n) is 6.85. The number of rotatable bonds is 3. The Morgan fingerprint density at radius 1 is 0.444 bits per heavy atom. The van der Waals surface area contributed by atoms with E-state index in [1.807, 2.05) is 22.7 Å². The molecule has 4 aromatic heterocycles. The number of para-hydroxylation sites is 2. The molecule has 0 aliphatic carbocycles. The van der Waals surface area contributed by atoms with Gasteiger partial charge in [-0.25, -0.2) is 9.97 Å². The first-order valence-corrected chi connectivity index (χ1v) is 16.6. The van der Waals surface area contributed by atoms with Gasteiger partial charge in [-0.05, 0) is 36.4 Å². The van der Waals surface area contributed by atoms with E-state index >= 15 is 0 Å². The summed E-state index contributed by atoms with van der Waals surface area (Å²) in [6.45, 7) is 0. The molecule has 3 nitrogen and oxygen atoms in total. The average Bonchev–Trinajstić information content (AvgIpc) is 3.78. The summed E-state index contributed by atoms with van der Waals surface area (Å²) in [4.78, 5) is 11.0. The maximum atomic E-state index is 5.54. The van der Waals surface area contributed by atoms with Crippen LogP contribution in [0.15, 0.2) is 140 Å². The number of aromatic nitrogens is 3. The van der Waals surface area contributed by atoms with Crippen LogP contribution in [0.2, 0.25) is 0 Å². The van der Waals surface area contributed by atoms with Crippen LogP contribution in [0.4, 0.5) is 0 Å². The number of hydrogen-bond donors (Lipinski definition) is 0. The van der Waals surface area contributed by atoms with Crippen LogP contribution in [-0.2, 0) is 0 Å². The predicted octanol–water partition coefficient (Wildman–Crippen LogP) is 11.6. The molecule has 5 heteroatoms. The lowest BCUT2D eigenvalue weighted by Gasteiger charge is -2.13. The molecule has 10 aromatic rings. The first-order chi connectivity index (χ1) is 22.3. The average molecular weight is 610 g/mol. The first kappa shape index (κ1) is 25.0. The van der Waals surface area contributed by atoms with E-state index in [1.165, 1.54) is 40.3 Å². The SMILES string of the molecule is c1ccc(-n2c3ccccc3c3nc(-c4cccc5c4sc4ccccc45)nc(-c4cccc5c4sc4ccccc45)c32)cc1. The van der Waals surface area contributed by atoms with Gasteiger partial charge in [0.05, 0.1) is 11.0 Å². The van der Waals surface area contributed by atoms with E-state index in [4.69, 9.17) is 9.97 Å². The van der Waals surface area contributed by atoms with Crippen molar-refractivity contribution in [1.82, 2.24) is 14.5 Å². The lowest BCUT2D eigenvalue weighted by atomic mass is 10.0. The van der Waals surface area contributed by atoms with Crippen LogP contribution < -0.4 is 0 Å². The van der Waals surface area contributed by atoms with E-state index in [-0.39, 0.29) is 0 Å². The second-order valence-electron chi connectivity index (χ2n) is 11.3. The Morgan fingerprint density at radius 2 is 1.00 bits per heavy atom. The molecule has 0 fully saturated rings. The molecule has 0 amide bonds. The van der Waals surface area contributed by atoms with Crippen LogP contribution >= 0.6 is 22.7 Å². The molecule has 0 aliphatic rings. The van der Waals surface area contributed by atoms with Crippen LogP contribution in [0.3, 0.4) is 0 Å². The predicted molar refractivity (Wildman–Crippen MR) is 193 cm³/mol. The molecular formula is C40H23N3S2. The standard InChI is InChI=1S/C40H23N3S2/c1-2-12-24(13-3-1)43-32-21-7-4-16-29(32)35-37(43)36(30-19-10-17-27-25-14-5-8-22-33(25)44-38(27)30)42-40(41-35)31-20-11-18-28-26-15-6-9-23-34(26)45-39(28)31/h1-23H. The Labute approximate surface area is 266 Å². The topological polar surface area (TPSA) is 30.7 Å². The van der Waals surface area contributed by atoms with E-state index in [9.17, 15) is 0 Å². The molecule has 0 unspecified atom stereocenters. The van der Waals surface area contributed by atoms with Crippen molar-refractivity contribution in [3.8, 4) is 28.3 Å². The van der Waals surface area contributed by atoms with Crippen molar-refractivity contribution in [3.05, 3.63) is 140 Å². The number of hydrogen-bond acceptors (Lipinski definition) is 4. The molecule has 10 rings (SSSR count). The molecule has 0 aliphatic heterocycles. The number of benzene rings is 6. The van der Waals surface area contributed by atoms with E-state index in [0.717, 1.165) is 50.3 Å².